The van der Waals surface area contributed by atoms with Crippen LogP contribution < -0.4 is 11.5 Å². The van der Waals surface area contributed by atoms with Gasteiger partial charge in [-0.15, -0.1) is 5.10 Å². The molecule has 14 nitrogen and oxygen atoms in total. The Morgan fingerprint density at radius 1 is 1.12 bits per heavy atom. The number of hydrogen-bond donors (Lipinski definition) is 4. The Labute approximate surface area is 235 Å². The number of nitrogen functional groups attached to an aromatic ring is 2. The average Bonchev–Trinajstić information content (AvgIpc) is 3.74. The van der Waals surface area contributed by atoms with E-state index in [1.165, 1.54) is 11.4 Å². The number of nitrogens with zero attached hydrogens (tertiary/aromatic N) is 8. The summed E-state index contributed by atoms with van der Waals surface area (Å²) in [6.07, 6.45) is 9.21. The lowest BCUT2D eigenvalue weighted by Crippen LogP contribution is -2.41. The molecule has 0 fully saturated rings. The van der Waals surface area contributed by atoms with E-state index in [9.17, 15) is 9.59 Å². The maximum absolute atomic E-state index is 13.3. The molecule has 41 heavy (non-hydrogen) atoms. The van der Waals surface area contributed by atoms with E-state index in [2.05, 4.69) is 35.2 Å². The highest BCUT2D eigenvalue weighted by atomic mass is 16.2. The molecule has 0 aliphatic heterocycles. The summed E-state index contributed by atoms with van der Waals surface area (Å²) >= 11 is 0. The van der Waals surface area contributed by atoms with Crippen molar-refractivity contribution in [1.82, 2.24) is 49.6 Å². The summed E-state index contributed by atoms with van der Waals surface area (Å²) in [5.74, 6) is 0.509. The number of fused-ring (bicyclic) bond motifs is 1. The monoisotopic (exact) mass is 556 g/mol. The highest BCUT2D eigenvalue weighted by Gasteiger charge is 2.27. The molecule has 1 amide bonds. The Bertz CT molecular complexity index is 1670. The number of aromatic amines is 2. The van der Waals surface area contributed by atoms with Crippen LogP contribution in [0.1, 0.15) is 66.7 Å². The summed E-state index contributed by atoms with van der Waals surface area (Å²) in [6, 6.07) is 3.63. The van der Waals surface area contributed by atoms with Crippen LogP contribution in [0.15, 0.2) is 36.9 Å². The lowest BCUT2D eigenvalue weighted by atomic mass is 10.0. The predicted octanol–water partition coefficient (Wildman–Crippen LogP) is 2.93. The molecule has 0 aliphatic carbocycles. The zero-order valence-electron chi connectivity index (χ0n) is 23.1. The van der Waals surface area contributed by atoms with Gasteiger partial charge in [0.2, 0.25) is 11.8 Å². The van der Waals surface area contributed by atoms with Crippen LogP contribution in [0.2, 0.25) is 0 Å². The maximum Gasteiger partial charge on any atom is 0.291 e. The molecule has 1 atom stereocenters. The standard InChI is InChI=1S/C27H32N12O2/c1-4-12-38(26(41)24-35-27(29)37-36-24)17(5-2)7-9-19-21(15(3)40)22(28)39-25(34-19)18(14-33-39)16-6-8-20(32-13-16)23-30-10-11-31-23/h6,8,10-11,13-14,17H,4-5,7,9,12,28H2,1-3H3,(H,30,31)(H3,29,35,36,37)/t17-/m1/s1. The van der Waals surface area contributed by atoms with Gasteiger partial charge >= 0.3 is 0 Å². The minimum Gasteiger partial charge on any atom is -0.383 e. The third-order valence-electron chi connectivity index (χ3n) is 6.98. The quantitative estimate of drug-likeness (QED) is 0.175. The van der Waals surface area contributed by atoms with Crippen molar-refractivity contribution < 1.29 is 9.59 Å². The normalized spacial score (nSPS) is 12.1. The molecule has 0 bridgehead atoms. The van der Waals surface area contributed by atoms with Crippen molar-refractivity contribution in [2.24, 2.45) is 0 Å². The second-order valence-electron chi connectivity index (χ2n) is 9.68. The third-order valence-corrected chi connectivity index (χ3v) is 6.98. The van der Waals surface area contributed by atoms with Gasteiger partial charge in [0.15, 0.2) is 17.3 Å². The Morgan fingerprint density at radius 2 is 1.95 bits per heavy atom. The first-order valence-electron chi connectivity index (χ1n) is 13.4. The van der Waals surface area contributed by atoms with E-state index in [-0.39, 0.29) is 35.3 Å². The molecule has 5 heterocycles. The number of imidazole rings is 1. The van der Waals surface area contributed by atoms with Crippen molar-refractivity contribution in [3.8, 4) is 22.6 Å². The summed E-state index contributed by atoms with van der Waals surface area (Å²) < 4.78 is 1.48. The molecule has 5 aromatic rings. The van der Waals surface area contributed by atoms with Gasteiger partial charge < -0.3 is 21.4 Å². The van der Waals surface area contributed by atoms with Crippen molar-refractivity contribution >= 4 is 29.1 Å². The van der Waals surface area contributed by atoms with Crippen LogP contribution in [-0.4, -0.2) is 73.9 Å². The van der Waals surface area contributed by atoms with Crippen LogP contribution >= 0.6 is 0 Å². The first kappa shape index (κ1) is 27.4. The number of aryl methyl sites for hydroxylation is 1. The fourth-order valence-electron chi connectivity index (χ4n) is 5.01. The van der Waals surface area contributed by atoms with Gasteiger partial charge in [-0.2, -0.15) is 14.6 Å². The molecule has 0 aromatic carbocycles. The minimum atomic E-state index is -0.277. The predicted molar refractivity (Wildman–Crippen MR) is 153 cm³/mol. The summed E-state index contributed by atoms with van der Waals surface area (Å²) in [7, 11) is 0. The molecule has 0 spiro atoms. The molecule has 212 valence electrons. The zero-order valence-corrected chi connectivity index (χ0v) is 23.1. The second-order valence-corrected chi connectivity index (χ2v) is 9.68. The molecule has 5 rings (SSSR count). The number of carbonyl (C=O) groups is 2. The second kappa shape index (κ2) is 11.5. The maximum atomic E-state index is 13.3. The number of ketones is 1. The van der Waals surface area contributed by atoms with E-state index in [4.69, 9.17) is 16.5 Å². The number of amides is 1. The van der Waals surface area contributed by atoms with Gasteiger partial charge in [-0.25, -0.2) is 9.97 Å². The number of carbonyl (C=O) groups excluding carboxylic acids is 2. The number of rotatable bonds is 11. The minimum absolute atomic E-state index is 0.0133. The number of Topliss-reactive ketones (excluding diaryl/α,β-unsaturated/α-hetero) is 1. The Morgan fingerprint density at radius 3 is 2.56 bits per heavy atom. The molecular weight excluding hydrogens is 524 g/mol. The smallest absolute Gasteiger partial charge is 0.291 e. The van der Waals surface area contributed by atoms with Crippen molar-refractivity contribution in [2.75, 3.05) is 18.0 Å². The number of aromatic nitrogens is 9. The van der Waals surface area contributed by atoms with Crippen molar-refractivity contribution in [1.29, 1.82) is 0 Å². The van der Waals surface area contributed by atoms with Gasteiger partial charge in [0.1, 0.15) is 11.5 Å². The molecule has 5 aromatic heterocycles. The van der Waals surface area contributed by atoms with Gasteiger partial charge in [0.05, 0.1) is 17.5 Å². The van der Waals surface area contributed by atoms with Gasteiger partial charge in [-0.05, 0) is 38.7 Å². The van der Waals surface area contributed by atoms with Gasteiger partial charge in [-0.1, -0.05) is 19.9 Å². The highest BCUT2D eigenvalue weighted by Crippen LogP contribution is 2.29. The molecule has 0 saturated carbocycles. The third kappa shape index (κ3) is 5.35. The Kier molecular flexibility index (Phi) is 7.72. The number of nitrogens with two attached hydrogens (primary N) is 2. The van der Waals surface area contributed by atoms with Crippen LogP contribution in [0.25, 0.3) is 28.3 Å². The van der Waals surface area contributed by atoms with E-state index in [1.54, 1.807) is 29.7 Å². The largest absolute Gasteiger partial charge is 0.383 e. The van der Waals surface area contributed by atoms with Crippen LogP contribution in [-0.2, 0) is 6.42 Å². The topological polar surface area (TPSA) is 203 Å². The average molecular weight is 557 g/mol. The summed E-state index contributed by atoms with van der Waals surface area (Å²) in [4.78, 5) is 48.5. The first-order chi connectivity index (χ1) is 19.8. The first-order valence-corrected chi connectivity index (χ1v) is 13.4. The van der Waals surface area contributed by atoms with Gasteiger partial charge in [-0.3, -0.25) is 19.7 Å². The molecule has 0 unspecified atom stereocenters. The fourth-order valence-corrected chi connectivity index (χ4v) is 5.01. The molecular formula is C27H32N12O2. The molecule has 0 aliphatic rings. The lowest BCUT2D eigenvalue weighted by Gasteiger charge is -2.30. The SMILES string of the molecule is CCCN(C(=O)c1nc(N)n[nH]1)[C@H](CC)CCc1nc2c(-c3ccc(-c4ncc[nH]4)nc3)cnn2c(N)c1C(C)=O. The van der Waals surface area contributed by atoms with E-state index < -0.39 is 0 Å². The van der Waals surface area contributed by atoms with E-state index in [0.717, 1.165) is 17.5 Å². The van der Waals surface area contributed by atoms with Crippen LogP contribution in [0.5, 0.6) is 0 Å². The Balaban J connectivity index is 1.47. The van der Waals surface area contributed by atoms with E-state index >= 15 is 0 Å². The molecule has 6 N–H and O–H groups in total. The number of nitrogens with one attached hydrogen (secondary N) is 2. The van der Waals surface area contributed by atoms with E-state index in [1.807, 2.05) is 26.0 Å². The molecule has 14 heteroatoms. The lowest BCUT2D eigenvalue weighted by molar-refractivity contribution is 0.0650. The number of H-pyrrole nitrogens is 2. The van der Waals surface area contributed by atoms with Crippen LogP contribution in [0.4, 0.5) is 11.8 Å². The summed E-state index contributed by atoms with van der Waals surface area (Å²) in [5.41, 5.74) is 15.7. The van der Waals surface area contributed by atoms with Crippen molar-refractivity contribution in [2.45, 2.75) is 52.5 Å². The van der Waals surface area contributed by atoms with E-state index in [0.29, 0.717) is 54.2 Å². The number of anilines is 2. The summed E-state index contributed by atoms with van der Waals surface area (Å²) in [5, 5.41) is 10.8. The molecule has 0 radical (unpaired) electrons. The van der Waals surface area contributed by atoms with Crippen molar-refractivity contribution in [3.05, 3.63) is 54.0 Å². The van der Waals surface area contributed by atoms with Gasteiger partial charge in [0.25, 0.3) is 5.91 Å². The number of hydrogen-bond acceptors (Lipinski definition) is 10. The van der Waals surface area contributed by atoms with Crippen molar-refractivity contribution in [3.63, 3.8) is 0 Å². The zero-order chi connectivity index (χ0) is 29.1. The van der Waals surface area contributed by atoms with Gasteiger partial charge in [0, 0.05) is 42.3 Å². The number of pyridine rings is 1. The highest BCUT2D eigenvalue weighted by molar-refractivity contribution is 6.00. The van der Waals surface area contributed by atoms with Crippen LogP contribution in [0.3, 0.4) is 0 Å². The Hall–Kier alpha value is -5.14. The molecule has 0 saturated heterocycles. The van der Waals surface area contributed by atoms with Crippen LogP contribution in [0, 0.1) is 0 Å². The summed E-state index contributed by atoms with van der Waals surface area (Å²) in [6.45, 7) is 6.01. The fraction of sp³-hybridized carbons (Fsp3) is 0.333.